The topological polar surface area (TPSA) is 38.8 Å². The van der Waals surface area contributed by atoms with E-state index in [1.807, 2.05) is 18.7 Å². The number of ether oxygens (including phenoxy) is 2. The van der Waals surface area contributed by atoms with Gasteiger partial charge in [-0.3, -0.25) is 0 Å². The van der Waals surface area contributed by atoms with Gasteiger partial charge in [0.1, 0.15) is 0 Å². The van der Waals surface area contributed by atoms with Crippen molar-refractivity contribution in [3.05, 3.63) is 16.3 Å². The maximum absolute atomic E-state index is 11.4. The van der Waals surface area contributed by atoms with E-state index in [2.05, 4.69) is 4.74 Å². The molecule has 0 saturated heterocycles. The van der Waals surface area contributed by atoms with Gasteiger partial charge in [-0.2, -0.15) is 0 Å². The Morgan fingerprint density at radius 1 is 1.47 bits per heavy atom. The fourth-order valence-electron chi connectivity index (χ4n) is 1.26. The molecule has 0 saturated carbocycles. The van der Waals surface area contributed by atoms with Crippen molar-refractivity contribution < 1.29 is 14.3 Å². The summed E-state index contributed by atoms with van der Waals surface area (Å²) in [5.74, 6) is 0.0519. The molecular formula is C11H15NO3S2. The molecule has 1 aromatic heterocycles. The zero-order chi connectivity index (χ0) is 12.8. The van der Waals surface area contributed by atoms with Crippen LogP contribution in [0.1, 0.15) is 23.5 Å². The predicted molar refractivity (Wildman–Crippen MR) is 71.8 cm³/mol. The third kappa shape index (κ3) is 3.41. The molecule has 0 atom stereocenters. The minimum absolute atomic E-state index is 0.374. The monoisotopic (exact) mass is 273 g/mol. The van der Waals surface area contributed by atoms with Gasteiger partial charge >= 0.3 is 5.97 Å². The largest absolute Gasteiger partial charge is 0.465 e. The summed E-state index contributed by atoms with van der Waals surface area (Å²) >= 11 is 6.43. The summed E-state index contributed by atoms with van der Waals surface area (Å²) in [6.07, 6.45) is 0. The van der Waals surface area contributed by atoms with Gasteiger partial charge in [0.2, 0.25) is 0 Å². The minimum atomic E-state index is -0.405. The Hall–Kier alpha value is -1.14. The number of methoxy groups -OCH3 is 1. The Morgan fingerprint density at radius 2 is 2.12 bits per heavy atom. The highest BCUT2D eigenvalue weighted by molar-refractivity contribution is 7.80. The lowest BCUT2D eigenvalue weighted by atomic mass is 10.4. The van der Waals surface area contributed by atoms with E-state index in [1.54, 1.807) is 11.4 Å². The van der Waals surface area contributed by atoms with Crippen LogP contribution >= 0.6 is 23.6 Å². The number of thiophene rings is 1. The van der Waals surface area contributed by atoms with Crippen molar-refractivity contribution >= 4 is 34.7 Å². The van der Waals surface area contributed by atoms with Crippen LogP contribution in [0.5, 0.6) is 5.75 Å². The zero-order valence-corrected chi connectivity index (χ0v) is 11.7. The van der Waals surface area contributed by atoms with E-state index in [4.69, 9.17) is 17.0 Å². The lowest BCUT2D eigenvalue weighted by molar-refractivity contribution is 0.0604. The molecule has 0 fully saturated rings. The summed E-state index contributed by atoms with van der Waals surface area (Å²) < 4.78 is 10.2. The average Bonchev–Trinajstić information content (AvgIpc) is 2.77. The highest BCUT2D eigenvalue weighted by atomic mass is 32.1. The van der Waals surface area contributed by atoms with E-state index in [9.17, 15) is 4.79 Å². The molecule has 4 nitrogen and oxygen atoms in total. The van der Waals surface area contributed by atoms with Crippen LogP contribution in [-0.2, 0) is 4.74 Å². The lowest BCUT2D eigenvalue weighted by Gasteiger charge is -2.20. The van der Waals surface area contributed by atoms with Gasteiger partial charge in [0, 0.05) is 13.1 Å². The van der Waals surface area contributed by atoms with Crippen LogP contribution in [-0.4, -0.2) is 36.2 Å². The first-order chi connectivity index (χ1) is 8.13. The van der Waals surface area contributed by atoms with Crippen LogP contribution in [0.15, 0.2) is 11.4 Å². The minimum Gasteiger partial charge on any atom is -0.465 e. The van der Waals surface area contributed by atoms with Crippen LogP contribution in [0, 0.1) is 0 Å². The van der Waals surface area contributed by atoms with E-state index in [-0.39, 0.29) is 0 Å². The SMILES string of the molecule is CCN(CC)C(=S)Oc1ccsc1C(=O)OC. The molecule has 1 heterocycles. The van der Waals surface area contributed by atoms with E-state index < -0.39 is 5.97 Å². The second kappa shape index (κ2) is 6.56. The molecule has 0 N–H and O–H groups in total. The number of carbonyl (C=O) groups is 1. The van der Waals surface area contributed by atoms with Crippen LogP contribution < -0.4 is 4.74 Å². The van der Waals surface area contributed by atoms with Crippen molar-refractivity contribution in [3.63, 3.8) is 0 Å². The summed E-state index contributed by atoms with van der Waals surface area (Å²) in [5, 5.41) is 2.14. The van der Waals surface area contributed by atoms with Crippen LogP contribution in [0.4, 0.5) is 0 Å². The zero-order valence-electron chi connectivity index (χ0n) is 10.1. The first kappa shape index (κ1) is 13.9. The van der Waals surface area contributed by atoms with Gasteiger partial charge < -0.3 is 14.4 Å². The molecule has 0 aliphatic carbocycles. The van der Waals surface area contributed by atoms with Crippen molar-refractivity contribution in [2.45, 2.75) is 13.8 Å². The number of hydrogen-bond donors (Lipinski definition) is 0. The quantitative estimate of drug-likeness (QED) is 0.622. The molecule has 0 radical (unpaired) electrons. The summed E-state index contributed by atoms with van der Waals surface area (Å²) in [5.41, 5.74) is 0. The fourth-order valence-corrected chi connectivity index (χ4v) is 2.34. The molecule has 0 aliphatic heterocycles. The molecule has 1 aromatic rings. The van der Waals surface area contributed by atoms with Crippen molar-refractivity contribution in [1.29, 1.82) is 0 Å². The molecule has 1 rings (SSSR count). The number of thiocarbonyl (C=S) groups is 1. The number of carbonyl (C=O) groups excluding carboxylic acids is 1. The highest BCUT2D eigenvalue weighted by Crippen LogP contribution is 2.26. The number of hydrogen-bond acceptors (Lipinski definition) is 5. The normalized spacial score (nSPS) is 9.82. The predicted octanol–water partition coefficient (Wildman–Crippen LogP) is 2.54. The van der Waals surface area contributed by atoms with Crippen molar-refractivity contribution in [2.24, 2.45) is 0 Å². The molecule has 0 spiro atoms. The maximum Gasteiger partial charge on any atom is 0.351 e. The summed E-state index contributed by atoms with van der Waals surface area (Å²) in [4.78, 5) is 13.8. The van der Waals surface area contributed by atoms with E-state index in [0.717, 1.165) is 13.1 Å². The second-order valence-electron chi connectivity index (χ2n) is 3.15. The van der Waals surface area contributed by atoms with E-state index in [0.29, 0.717) is 15.8 Å². The first-order valence-electron chi connectivity index (χ1n) is 5.26. The fraction of sp³-hybridized carbons (Fsp3) is 0.455. The summed E-state index contributed by atoms with van der Waals surface area (Å²) in [6, 6.07) is 1.72. The van der Waals surface area contributed by atoms with Crippen molar-refractivity contribution in [3.8, 4) is 5.75 Å². The summed E-state index contributed by atoms with van der Waals surface area (Å²) in [6.45, 7) is 5.53. The van der Waals surface area contributed by atoms with Gasteiger partial charge in [0.15, 0.2) is 10.6 Å². The maximum atomic E-state index is 11.4. The smallest absolute Gasteiger partial charge is 0.351 e. The Balaban J connectivity index is 2.78. The standard InChI is InChI=1S/C11H15NO3S2/c1-4-12(5-2)11(16)15-8-6-7-17-9(8)10(13)14-3/h6-7H,4-5H2,1-3H3. The molecule has 0 bridgehead atoms. The average molecular weight is 273 g/mol. The van der Waals surface area contributed by atoms with Gasteiger partial charge in [-0.25, -0.2) is 4.79 Å². The first-order valence-corrected chi connectivity index (χ1v) is 6.55. The Kier molecular flexibility index (Phi) is 5.37. The van der Waals surface area contributed by atoms with E-state index in [1.165, 1.54) is 18.4 Å². The second-order valence-corrected chi connectivity index (χ2v) is 4.41. The number of rotatable bonds is 4. The van der Waals surface area contributed by atoms with Gasteiger partial charge in [-0.15, -0.1) is 11.3 Å². The lowest BCUT2D eigenvalue weighted by Crippen LogP contribution is -2.33. The third-order valence-electron chi connectivity index (χ3n) is 2.22. The molecule has 94 valence electrons. The van der Waals surface area contributed by atoms with Gasteiger partial charge in [-0.05, 0) is 37.5 Å². The molecule has 0 unspecified atom stereocenters. The molecule has 0 aromatic carbocycles. The molecule has 0 aliphatic rings. The Labute approximate surface area is 110 Å². The molecule has 6 heteroatoms. The number of nitrogens with zero attached hydrogens (tertiary/aromatic N) is 1. The van der Waals surface area contributed by atoms with Gasteiger partial charge in [-0.1, -0.05) is 0 Å². The third-order valence-corrected chi connectivity index (χ3v) is 3.44. The molecule has 17 heavy (non-hydrogen) atoms. The highest BCUT2D eigenvalue weighted by Gasteiger charge is 2.17. The Bertz CT molecular complexity index is 399. The van der Waals surface area contributed by atoms with Crippen molar-refractivity contribution in [1.82, 2.24) is 4.90 Å². The molecular weight excluding hydrogens is 258 g/mol. The van der Waals surface area contributed by atoms with Crippen LogP contribution in [0.3, 0.4) is 0 Å². The van der Waals surface area contributed by atoms with E-state index >= 15 is 0 Å². The Morgan fingerprint density at radius 3 is 2.65 bits per heavy atom. The van der Waals surface area contributed by atoms with Crippen LogP contribution in [0.25, 0.3) is 0 Å². The number of esters is 1. The van der Waals surface area contributed by atoms with Crippen molar-refractivity contribution in [2.75, 3.05) is 20.2 Å². The van der Waals surface area contributed by atoms with Gasteiger partial charge in [0.25, 0.3) is 5.17 Å². The summed E-state index contributed by atoms with van der Waals surface area (Å²) in [7, 11) is 1.34. The van der Waals surface area contributed by atoms with Gasteiger partial charge in [0.05, 0.1) is 7.11 Å². The molecule has 0 amide bonds. The van der Waals surface area contributed by atoms with Crippen LogP contribution in [0.2, 0.25) is 0 Å².